The molecule has 0 aliphatic heterocycles. The van der Waals surface area contributed by atoms with E-state index in [-0.39, 0.29) is 17.4 Å². The molecule has 1 unspecified atom stereocenters. The van der Waals surface area contributed by atoms with Gasteiger partial charge in [0.25, 0.3) is 5.56 Å². The first-order valence-corrected chi connectivity index (χ1v) is 10.8. The van der Waals surface area contributed by atoms with Crippen LogP contribution in [-0.4, -0.2) is 33.4 Å². The zero-order valence-electron chi connectivity index (χ0n) is 18.8. The SMILES string of the molecule is CC(=O)N(CCCN)C(c1nc2cc(C#N)ccc2c(=O)n1Cc1ccccc1)C(C)C. The third kappa shape index (κ3) is 4.87. The van der Waals surface area contributed by atoms with Crippen LogP contribution in [0.25, 0.3) is 10.9 Å². The summed E-state index contributed by atoms with van der Waals surface area (Å²) in [6.07, 6.45) is 0.651. The molecule has 2 N–H and O–H groups in total. The number of nitrogens with two attached hydrogens (primary N) is 1. The van der Waals surface area contributed by atoms with Crippen molar-refractivity contribution in [1.29, 1.82) is 5.26 Å². The van der Waals surface area contributed by atoms with Crippen molar-refractivity contribution in [3.8, 4) is 6.07 Å². The van der Waals surface area contributed by atoms with Gasteiger partial charge in [-0.3, -0.25) is 14.2 Å². The van der Waals surface area contributed by atoms with Gasteiger partial charge in [0.1, 0.15) is 5.82 Å². The van der Waals surface area contributed by atoms with Gasteiger partial charge in [0.15, 0.2) is 0 Å². The summed E-state index contributed by atoms with van der Waals surface area (Å²) in [6.45, 7) is 6.83. The quantitative estimate of drug-likeness (QED) is 0.590. The largest absolute Gasteiger partial charge is 0.332 e. The highest BCUT2D eigenvalue weighted by Gasteiger charge is 2.30. The molecule has 1 amide bonds. The summed E-state index contributed by atoms with van der Waals surface area (Å²) in [4.78, 5) is 32.8. The van der Waals surface area contributed by atoms with E-state index in [1.807, 2.05) is 44.2 Å². The normalized spacial score (nSPS) is 12.0. The molecule has 0 bridgehead atoms. The van der Waals surface area contributed by atoms with Crippen molar-refractivity contribution in [1.82, 2.24) is 14.5 Å². The Morgan fingerprint density at radius 3 is 2.53 bits per heavy atom. The van der Waals surface area contributed by atoms with Crippen LogP contribution >= 0.6 is 0 Å². The third-order valence-electron chi connectivity index (χ3n) is 5.54. The summed E-state index contributed by atoms with van der Waals surface area (Å²) in [5.41, 5.74) is 7.38. The number of carbonyl (C=O) groups is 1. The number of nitrogens with zero attached hydrogens (tertiary/aromatic N) is 4. The molecule has 166 valence electrons. The van der Waals surface area contributed by atoms with Gasteiger partial charge in [-0.15, -0.1) is 0 Å². The number of fused-ring (bicyclic) bond motifs is 1. The van der Waals surface area contributed by atoms with Crippen molar-refractivity contribution in [2.75, 3.05) is 13.1 Å². The van der Waals surface area contributed by atoms with E-state index in [4.69, 9.17) is 10.7 Å². The van der Waals surface area contributed by atoms with Crippen LogP contribution in [0.1, 0.15) is 50.2 Å². The van der Waals surface area contributed by atoms with Gasteiger partial charge in [-0.2, -0.15) is 5.26 Å². The summed E-state index contributed by atoms with van der Waals surface area (Å²) in [6, 6.07) is 16.3. The van der Waals surface area contributed by atoms with Gasteiger partial charge in [0.2, 0.25) is 5.91 Å². The number of nitriles is 1. The molecule has 7 nitrogen and oxygen atoms in total. The Kier molecular flexibility index (Phi) is 7.39. The monoisotopic (exact) mass is 431 g/mol. The van der Waals surface area contributed by atoms with Gasteiger partial charge < -0.3 is 10.6 Å². The molecule has 0 aliphatic carbocycles. The van der Waals surface area contributed by atoms with Crippen LogP contribution in [0.4, 0.5) is 0 Å². The summed E-state index contributed by atoms with van der Waals surface area (Å²) in [7, 11) is 0. The Labute approximate surface area is 188 Å². The van der Waals surface area contributed by atoms with Crippen LogP contribution in [-0.2, 0) is 11.3 Å². The maximum Gasteiger partial charge on any atom is 0.261 e. The molecule has 2 aromatic carbocycles. The second-order valence-corrected chi connectivity index (χ2v) is 8.23. The van der Waals surface area contributed by atoms with E-state index in [0.717, 1.165) is 5.56 Å². The first kappa shape index (κ1) is 23.2. The van der Waals surface area contributed by atoms with E-state index in [9.17, 15) is 14.9 Å². The molecule has 32 heavy (non-hydrogen) atoms. The molecule has 0 saturated carbocycles. The van der Waals surface area contributed by atoms with Crippen LogP contribution in [0.3, 0.4) is 0 Å². The Hall–Kier alpha value is -3.50. The van der Waals surface area contributed by atoms with Crippen LogP contribution in [0, 0.1) is 17.2 Å². The summed E-state index contributed by atoms with van der Waals surface area (Å²) in [5.74, 6) is 0.425. The van der Waals surface area contributed by atoms with Crippen LogP contribution < -0.4 is 11.3 Å². The molecule has 7 heteroatoms. The Balaban J connectivity index is 2.29. The van der Waals surface area contributed by atoms with Gasteiger partial charge in [0.05, 0.1) is 35.1 Å². The molecular weight excluding hydrogens is 402 g/mol. The maximum atomic E-state index is 13.6. The van der Waals surface area contributed by atoms with Crippen molar-refractivity contribution in [3.05, 3.63) is 75.8 Å². The zero-order chi connectivity index (χ0) is 23.3. The number of benzene rings is 2. The highest BCUT2D eigenvalue weighted by Crippen LogP contribution is 2.29. The minimum Gasteiger partial charge on any atom is -0.332 e. The highest BCUT2D eigenvalue weighted by atomic mass is 16.2. The number of rotatable bonds is 8. The van der Waals surface area contributed by atoms with E-state index in [0.29, 0.717) is 48.3 Å². The Bertz CT molecular complexity index is 1190. The fourth-order valence-electron chi connectivity index (χ4n) is 4.00. The number of carbonyl (C=O) groups excluding carboxylic acids is 1. The van der Waals surface area contributed by atoms with Gasteiger partial charge >= 0.3 is 0 Å². The fourth-order valence-corrected chi connectivity index (χ4v) is 4.00. The van der Waals surface area contributed by atoms with Crippen LogP contribution in [0.15, 0.2) is 53.3 Å². The molecule has 1 aromatic heterocycles. The van der Waals surface area contributed by atoms with Crippen molar-refractivity contribution in [2.24, 2.45) is 11.7 Å². The van der Waals surface area contributed by atoms with Crippen LogP contribution in [0.5, 0.6) is 0 Å². The van der Waals surface area contributed by atoms with Gasteiger partial charge in [-0.25, -0.2) is 4.98 Å². The number of aromatic nitrogens is 2. The van der Waals surface area contributed by atoms with Gasteiger partial charge in [-0.1, -0.05) is 44.2 Å². The highest BCUT2D eigenvalue weighted by molar-refractivity contribution is 5.79. The molecule has 3 rings (SSSR count). The summed E-state index contributed by atoms with van der Waals surface area (Å²) < 4.78 is 1.66. The first-order valence-electron chi connectivity index (χ1n) is 10.8. The average molecular weight is 432 g/mol. The second kappa shape index (κ2) is 10.2. The lowest BCUT2D eigenvalue weighted by Crippen LogP contribution is -2.41. The molecule has 0 fully saturated rings. The number of hydrogen-bond donors (Lipinski definition) is 1. The van der Waals surface area contributed by atoms with Crippen molar-refractivity contribution >= 4 is 16.8 Å². The van der Waals surface area contributed by atoms with Crippen molar-refractivity contribution in [2.45, 2.75) is 39.8 Å². The van der Waals surface area contributed by atoms with Gasteiger partial charge in [-0.05, 0) is 42.6 Å². The first-order chi connectivity index (χ1) is 15.4. The van der Waals surface area contributed by atoms with Crippen molar-refractivity contribution in [3.63, 3.8) is 0 Å². The van der Waals surface area contributed by atoms with Crippen molar-refractivity contribution < 1.29 is 4.79 Å². The Morgan fingerprint density at radius 2 is 1.94 bits per heavy atom. The molecule has 3 aromatic rings. The summed E-state index contributed by atoms with van der Waals surface area (Å²) >= 11 is 0. The van der Waals surface area contributed by atoms with E-state index in [1.165, 1.54) is 6.92 Å². The number of amides is 1. The summed E-state index contributed by atoms with van der Waals surface area (Å²) in [5, 5.41) is 9.76. The van der Waals surface area contributed by atoms with E-state index in [1.54, 1.807) is 27.7 Å². The van der Waals surface area contributed by atoms with E-state index < -0.39 is 6.04 Å². The molecule has 0 saturated heterocycles. The molecule has 1 heterocycles. The smallest absolute Gasteiger partial charge is 0.261 e. The second-order valence-electron chi connectivity index (χ2n) is 8.23. The molecule has 0 aliphatic rings. The predicted octanol–water partition coefficient (Wildman–Crippen LogP) is 3.21. The molecule has 0 spiro atoms. The standard InChI is InChI=1S/C25H29N5O2/c1-17(2)23(29(18(3)31)13-7-12-26)24-28-22-14-20(15-27)10-11-21(22)25(32)30(24)16-19-8-5-4-6-9-19/h4-6,8-11,14,17,23H,7,12-13,16,26H2,1-3H3. The topological polar surface area (TPSA) is 105 Å². The average Bonchev–Trinajstić information content (AvgIpc) is 2.78. The molecule has 1 atom stereocenters. The zero-order valence-corrected chi connectivity index (χ0v) is 18.8. The molecule has 0 radical (unpaired) electrons. The van der Waals surface area contributed by atoms with E-state index in [2.05, 4.69) is 6.07 Å². The predicted molar refractivity (Wildman–Crippen MR) is 125 cm³/mol. The van der Waals surface area contributed by atoms with Gasteiger partial charge in [0, 0.05) is 13.5 Å². The van der Waals surface area contributed by atoms with Crippen LogP contribution in [0.2, 0.25) is 0 Å². The minimum absolute atomic E-state index is 0.00203. The Morgan fingerprint density at radius 1 is 1.22 bits per heavy atom. The lowest BCUT2D eigenvalue weighted by molar-refractivity contribution is -0.132. The maximum absolute atomic E-state index is 13.6. The fraction of sp³-hybridized carbons (Fsp3) is 0.360. The van der Waals surface area contributed by atoms with E-state index >= 15 is 0 Å². The minimum atomic E-state index is -0.411. The number of hydrogen-bond acceptors (Lipinski definition) is 5. The lowest BCUT2D eigenvalue weighted by Gasteiger charge is -2.34. The third-order valence-corrected chi connectivity index (χ3v) is 5.54. The lowest BCUT2D eigenvalue weighted by atomic mass is 9.99. The molecular formula is C25H29N5O2.